The molecule has 0 N–H and O–H groups in total. The summed E-state index contributed by atoms with van der Waals surface area (Å²) >= 11 is 0. The highest BCUT2D eigenvalue weighted by molar-refractivity contribution is 6.32. The highest BCUT2D eigenvalue weighted by Crippen LogP contribution is 2.48. The van der Waals surface area contributed by atoms with Crippen LogP contribution < -0.4 is 4.74 Å². The van der Waals surface area contributed by atoms with Crippen LogP contribution in [0, 0.1) is 0 Å². The molecule has 1 aliphatic carbocycles. The fourth-order valence-electron chi connectivity index (χ4n) is 7.28. The molecule has 0 fully saturated rings. The van der Waals surface area contributed by atoms with Crippen molar-refractivity contribution in [2.24, 2.45) is 0 Å². The van der Waals surface area contributed by atoms with E-state index in [4.69, 9.17) is 14.7 Å². The summed E-state index contributed by atoms with van der Waals surface area (Å²) < 4.78 is 8.80. The first-order valence-corrected chi connectivity index (χ1v) is 14.5. The molecule has 10 rings (SSSR count). The van der Waals surface area contributed by atoms with Crippen LogP contribution in [0.4, 0.5) is 0 Å². The Hall–Kier alpha value is -5.48. The third kappa shape index (κ3) is 2.81. The molecule has 8 aromatic rings. The molecule has 42 heavy (non-hydrogen) atoms. The van der Waals surface area contributed by atoms with Crippen LogP contribution in [0.2, 0.25) is 0 Å². The van der Waals surface area contributed by atoms with Crippen molar-refractivity contribution in [3.05, 3.63) is 127 Å². The molecule has 2 aliphatic rings. The van der Waals surface area contributed by atoms with Gasteiger partial charge in [-0.3, -0.25) is 4.57 Å². The second kappa shape index (κ2) is 8.05. The van der Waals surface area contributed by atoms with Crippen LogP contribution in [0.15, 0.2) is 115 Å². The van der Waals surface area contributed by atoms with E-state index in [2.05, 4.69) is 120 Å². The number of aromatic nitrogens is 3. The number of rotatable bonds is 1. The molecule has 0 radical (unpaired) electrons. The van der Waals surface area contributed by atoms with Crippen molar-refractivity contribution in [2.45, 2.75) is 12.8 Å². The topological polar surface area (TPSA) is 39.9 Å². The number of fused-ring (bicyclic) bond motifs is 12. The number of ether oxygens (including phenoxy) is 1. The summed E-state index contributed by atoms with van der Waals surface area (Å²) in [5, 5.41) is 9.71. The maximum absolute atomic E-state index is 6.50. The standard InChI is InChI=1S/C38H23N3O/c1-2-11-23-22(10-1)20-21-32-34(23)36-35-29(17-9-19-31(35)42-32)39-38(40-36)41-30-18-8-7-16-28(30)33-26-14-5-3-12-24(26)25-13-4-6-15-27(25)37(33)41/h1-8,10-16,18-21H,9,17H2. The molecule has 1 aliphatic heterocycles. The second-order valence-corrected chi connectivity index (χ2v) is 11.2. The first kappa shape index (κ1) is 22.2. The van der Waals surface area contributed by atoms with Gasteiger partial charge in [0.2, 0.25) is 5.95 Å². The summed E-state index contributed by atoms with van der Waals surface area (Å²) in [5.41, 5.74) is 6.33. The van der Waals surface area contributed by atoms with E-state index in [0.29, 0.717) is 5.95 Å². The first-order chi connectivity index (χ1) is 20.8. The van der Waals surface area contributed by atoms with Gasteiger partial charge < -0.3 is 4.74 Å². The van der Waals surface area contributed by atoms with Crippen LogP contribution >= 0.6 is 0 Å². The highest BCUT2D eigenvalue weighted by atomic mass is 16.5. The lowest BCUT2D eigenvalue weighted by Gasteiger charge is -2.28. The predicted octanol–water partition coefficient (Wildman–Crippen LogP) is 9.38. The van der Waals surface area contributed by atoms with Crippen molar-refractivity contribution in [1.29, 1.82) is 0 Å². The van der Waals surface area contributed by atoms with Crippen molar-refractivity contribution in [3.63, 3.8) is 0 Å². The van der Waals surface area contributed by atoms with Gasteiger partial charge in [-0.05, 0) is 58.0 Å². The molecule has 0 saturated carbocycles. The van der Waals surface area contributed by atoms with Gasteiger partial charge >= 0.3 is 0 Å². The number of hydrogen-bond acceptors (Lipinski definition) is 3. The lowest BCUT2D eigenvalue weighted by Crippen LogP contribution is -2.17. The zero-order valence-electron chi connectivity index (χ0n) is 22.6. The average molecular weight is 538 g/mol. The summed E-state index contributed by atoms with van der Waals surface area (Å²) in [6.07, 6.45) is 3.93. The van der Waals surface area contributed by atoms with E-state index < -0.39 is 0 Å². The molecule has 4 heteroatoms. The normalized spacial score (nSPS) is 13.9. The Morgan fingerprint density at radius 3 is 2.14 bits per heavy atom. The fraction of sp³-hybridized carbons (Fsp3) is 0.0526. The third-order valence-corrected chi connectivity index (χ3v) is 9.02. The van der Waals surface area contributed by atoms with Crippen molar-refractivity contribution in [3.8, 4) is 23.0 Å². The molecule has 0 bridgehead atoms. The Morgan fingerprint density at radius 1 is 0.595 bits per heavy atom. The summed E-state index contributed by atoms with van der Waals surface area (Å²) in [6, 6.07) is 38.9. The van der Waals surface area contributed by atoms with Crippen molar-refractivity contribution >= 4 is 59.9 Å². The SMILES string of the molecule is C1=C2Oc3ccc4ccccc4c3-c3nc(-n4c5ccccc5c5c6ccccc6c6ccccc6c54)nc(c32)CC1. The van der Waals surface area contributed by atoms with Gasteiger partial charge in [0.25, 0.3) is 0 Å². The molecular weight excluding hydrogens is 514 g/mol. The number of para-hydroxylation sites is 1. The van der Waals surface area contributed by atoms with Gasteiger partial charge in [-0.2, -0.15) is 0 Å². The van der Waals surface area contributed by atoms with E-state index in [9.17, 15) is 0 Å². The summed E-state index contributed by atoms with van der Waals surface area (Å²) in [4.78, 5) is 10.8. The molecule has 0 amide bonds. The molecule has 4 nitrogen and oxygen atoms in total. The molecule has 0 spiro atoms. The number of aryl methyl sites for hydroxylation is 1. The van der Waals surface area contributed by atoms with Gasteiger partial charge in [-0.15, -0.1) is 0 Å². The predicted molar refractivity (Wildman–Crippen MR) is 171 cm³/mol. The van der Waals surface area contributed by atoms with E-state index in [1.165, 1.54) is 37.7 Å². The van der Waals surface area contributed by atoms with Crippen LogP contribution in [-0.2, 0) is 6.42 Å². The fourth-order valence-corrected chi connectivity index (χ4v) is 7.28. The molecule has 2 aromatic heterocycles. The Balaban J connectivity index is 1.41. The Bertz CT molecular complexity index is 2500. The van der Waals surface area contributed by atoms with Crippen LogP contribution in [-0.4, -0.2) is 14.5 Å². The molecule has 6 aromatic carbocycles. The van der Waals surface area contributed by atoms with Crippen LogP contribution in [0.1, 0.15) is 17.7 Å². The number of benzene rings is 6. The Morgan fingerprint density at radius 2 is 1.29 bits per heavy atom. The minimum absolute atomic E-state index is 0.706. The van der Waals surface area contributed by atoms with Gasteiger partial charge in [-0.25, -0.2) is 9.97 Å². The monoisotopic (exact) mass is 537 g/mol. The van der Waals surface area contributed by atoms with Crippen molar-refractivity contribution in [2.75, 3.05) is 0 Å². The maximum Gasteiger partial charge on any atom is 0.235 e. The molecule has 0 saturated heterocycles. The number of allylic oxidation sites excluding steroid dienone is 1. The van der Waals surface area contributed by atoms with Crippen LogP contribution in [0.3, 0.4) is 0 Å². The maximum atomic E-state index is 6.50. The molecular formula is C38H23N3O. The summed E-state index contributed by atoms with van der Waals surface area (Å²) in [7, 11) is 0. The smallest absolute Gasteiger partial charge is 0.235 e. The van der Waals surface area contributed by atoms with Gasteiger partial charge in [0.1, 0.15) is 11.5 Å². The lowest BCUT2D eigenvalue weighted by atomic mass is 9.90. The van der Waals surface area contributed by atoms with E-state index in [1.807, 2.05) is 0 Å². The quantitative estimate of drug-likeness (QED) is 0.196. The largest absolute Gasteiger partial charge is 0.456 e. The van der Waals surface area contributed by atoms with Gasteiger partial charge in [0.05, 0.1) is 33.5 Å². The second-order valence-electron chi connectivity index (χ2n) is 11.2. The van der Waals surface area contributed by atoms with E-state index in [0.717, 1.165) is 63.3 Å². The summed E-state index contributed by atoms with van der Waals surface area (Å²) in [6.45, 7) is 0. The van der Waals surface area contributed by atoms with Gasteiger partial charge in [0.15, 0.2) is 0 Å². The molecule has 0 unspecified atom stereocenters. The number of hydrogen-bond donors (Lipinski definition) is 0. The average Bonchev–Trinajstić information content (AvgIpc) is 3.40. The molecule has 196 valence electrons. The van der Waals surface area contributed by atoms with Crippen LogP contribution in [0.25, 0.3) is 77.1 Å². The summed E-state index contributed by atoms with van der Waals surface area (Å²) in [5.74, 6) is 2.43. The highest BCUT2D eigenvalue weighted by Gasteiger charge is 2.32. The minimum atomic E-state index is 0.706. The molecule has 3 heterocycles. The third-order valence-electron chi connectivity index (χ3n) is 9.02. The van der Waals surface area contributed by atoms with E-state index >= 15 is 0 Å². The number of nitrogens with zero attached hydrogens (tertiary/aromatic N) is 3. The Labute approximate surface area is 241 Å². The zero-order chi connectivity index (χ0) is 27.4. The van der Waals surface area contributed by atoms with Gasteiger partial charge in [-0.1, -0.05) is 97.1 Å². The van der Waals surface area contributed by atoms with Crippen molar-refractivity contribution in [1.82, 2.24) is 14.5 Å². The van der Waals surface area contributed by atoms with E-state index in [1.54, 1.807) is 0 Å². The molecule has 0 atom stereocenters. The van der Waals surface area contributed by atoms with Gasteiger partial charge in [0, 0.05) is 16.2 Å². The van der Waals surface area contributed by atoms with E-state index in [-0.39, 0.29) is 0 Å². The first-order valence-electron chi connectivity index (χ1n) is 14.5. The minimum Gasteiger partial charge on any atom is -0.456 e. The van der Waals surface area contributed by atoms with Crippen LogP contribution in [0.5, 0.6) is 5.75 Å². The van der Waals surface area contributed by atoms with Crippen molar-refractivity contribution < 1.29 is 4.74 Å². The zero-order valence-corrected chi connectivity index (χ0v) is 22.6. The lowest BCUT2D eigenvalue weighted by molar-refractivity contribution is 0.503. The Kier molecular flexibility index (Phi) is 4.26.